The fourth-order valence-electron chi connectivity index (χ4n) is 2.27. The van der Waals surface area contributed by atoms with Gasteiger partial charge in [-0.1, -0.05) is 13.3 Å². The van der Waals surface area contributed by atoms with E-state index in [1.807, 2.05) is 0 Å². The predicted molar refractivity (Wildman–Crippen MR) is 80.5 cm³/mol. The Bertz CT molecular complexity index is 439. The lowest BCUT2D eigenvalue weighted by molar-refractivity contribution is -0.144. The van der Waals surface area contributed by atoms with Crippen LogP contribution in [-0.2, 0) is 9.53 Å². The van der Waals surface area contributed by atoms with Crippen molar-refractivity contribution in [3.8, 4) is 0 Å². The van der Waals surface area contributed by atoms with Gasteiger partial charge in [0.1, 0.15) is 0 Å². The van der Waals surface area contributed by atoms with Crippen LogP contribution in [-0.4, -0.2) is 35.6 Å². The van der Waals surface area contributed by atoms with Crippen LogP contribution < -0.4 is 4.90 Å². The summed E-state index contributed by atoms with van der Waals surface area (Å²) >= 11 is 3.32. The molecule has 1 unspecified atom stereocenters. The third kappa shape index (κ3) is 4.44. The number of aromatic nitrogens is 2. The number of halogens is 1. The minimum Gasteiger partial charge on any atom is -0.466 e. The van der Waals surface area contributed by atoms with E-state index >= 15 is 0 Å². The molecule has 1 aromatic heterocycles. The van der Waals surface area contributed by atoms with Crippen molar-refractivity contribution in [2.24, 2.45) is 5.92 Å². The van der Waals surface area contributed by atoms with Crippen LogP contribution in [0.3, 0.4) is 0 Å². The molecule has 0 saturated carbocycles. The molecule has 1 aromatic rings. The van der Waals surface area contributed by atoms with Crippen molar-refractivity contribution >= 4 is 27.8 Å². The van der Waals surface area contributed by atoms with Crippen LogP contribution in [0.2, 0.25) is 0 Å². The fraction of sp³-hybridized carbons (Fsp3) is 0.643. The zero-order chi connectivity index (χ0) is 14.4. The molecule has 0 spiro atoms. The molecule has 0 aromatic carbocycles. The zero-order valence-electron chi connectivity index (χ0n) is 11.7. The molecule has 2 rings (SSSR count). The van der Waals surface area contributed by atoms with Crippen LogP contribution in [0.4, 0.5) is 5.95 Å². The Morgan fingerprint density at radius 1 is 1.50 bits per heavy atom. The average Bonchev–Trinajstić information content (AvgIpc) is 2.88. The summed E-state index contributed by atoms with van der Waals surface area (Å²) in [5.74, 6) is 0.994. The number of hydrogen-bond donors (Lipinski definition) is 0. The maximum Gasteiger partial charge on any atom is 0.306 e. The van der Waals surface area contributed by atoms with Gasteiger partial charge in [0, 0.05) is 25.5 Å². The quantitative estimate of drug-likeness (QED) is 0.588. The second-order valence-electron chi connectivity index (χ2n) is 5.08. The lowest BCUT2D eigenvalue weighted by atomic mass is 10.1. The molecular weight excluding hydrogens is 322 g/mol. The van der Waals surface area contributed by atoms with E-state index in [2.05, 4.69) is 37.7 Å². The minimum absolute atomic E-state index is 0.0815. The van der Waals surface area contributed by atoms with Crippen LogP contribution in [0.25, 0.3) is 0 Å². The van der Waals surface area contributed by atoms with E-state index in [0.717, 1.165) is 42.8 Å². The normalized spacial score (nSPS) is 18.3. The number of hydrogen-bond acceptors (Lipinski definition) is 5. The Morgan fingerprint density at radius 3 is 2.95 bits per heavy atom. The first-order valence-electron chi connectivity index (χ1n) is 7.07. The van der Waals surface area contributed by atoms with Gasteiger partial charge in [-0.25, -0.2) is 9.97 Å². The highest BCUT2D eigenvalue weighted by Crippen LogP contribution is 2.23. The molecule has 5 nitrogen and oxygen atoms in total. The van der Waals surface area contributed by atoms with Crippen molar-refractivity contribution < 1.29 is 9.53 Å². The molecule has 2 heterocycles. The van der Waals surface area contributed by atoms with Gasteiger partial charge < -0.3 is 9.64 Å². The van der Waals surface area contributed by atoms with Crippen molar-refractivity contribution in [1.29, 1.82) is 0 Å². The number of carbonyl (C=O) groups excluding carboxylic acids is 1. The summed E-state index contributed by atoms with van der Waals surface area (Å²) in [6.45, 7) is 4.35. The fourth-order valence-corrected chi connectivity index (χ4v) is 2.48. The van der Waals surface area contributed by atoms with Gasteiger partial charge in [0.15, 0.2) is 0 Å². The highest BCUT2D eigenvalue weighted by atomic mass is 79.9. The summed E-state index contributed by atoms with van der Waals surface area (Å²) in [6, 6.07) is 0. The molecule has 0 aliphatic carbocycles. The number of anilines is 1. The first kappa shape index (κ1) is 15.2. The third-order valence-corrected chi connectivity index (χ3v) is 3.80. The van der Waals surface area contributed by atoms with Crippen molar-refractivity contribution in [2.75, 3.05) is 24.6 Å². The third-order valence-electron chi connectivity index (χ3n) is 3.39. The maximum absolute atomic E-state index is 11.7. The molecule has 1 fully saturated rings. The van der Waals surface area contributed by atoms with E-state index in [1.54, 1.807) is 12.4 Å². The molecule has 1 aliphatic rings. The minimum atomic E-state index is -0.0815. The highest BCUT2D eigenvalue weighted by Gasteiger charge is 2.26. The predicted octanol–water partition coefficient (Wildman–Crippen LogP) is 2.80. The summed E-state index contributed by atoms with van der Waals surface area (Å²) in [5.41, 5.74) is 0. The second-order valence-corrected chi connectivity index (χ2v) is 6.00. The standard InChI is InChI=1S/C14H20BrN3O2/c1-2-3-6-20-13(19)7-11-4-5-18(10-11)14-16-8-12(15)9-17-14/h8-9,11H,2-7,10H2,1H3. The van der Waals surface area contributed by atoms with Crippen LogP contribution in [0.15, 0.2) is 16.9 Å². The lowest BCUT2D eigenvalue weighted by Gasteiger charge is -2.15. The van der Waals surface area contributed by atoms with Crippen LogP contribution in [0, 0.1) is 5.92 Å². The van der Waals surface area contributed by atoms with Crippen molar-refractivity contribution in [1.82, 2.24) is 9.97 Å². The highest BCUT2D eigenvalue weighted by molar-refractivity contribution is 9.10. The number of unbranched alkanes of at least 4 members (excludes halogenated alkanes) is 1. The molecule has 6 heteroatoms. The first-order chi connectivity index (χ1) is 9.69. The van der Waals surface area contributed by atoms with E-state index < -0.39 is 0 Å². The van der Waals surface area contributed by atoms with Gasteiger partial charge in [0.2, 0.25) is 5.95 Å². The van der Waals surface area contributed by atoms with E-state index in [1.165, 1.54) is 0 Å². The summed E-state index contributed by atoms with van der Waals surface area (Å²) in [7, 11) is 0. The summed E-state index contributed by atoms with van der Waals surface area (Å²) < 4.78 is 6.08. The molecule has 0 amide bonds. The number of ether oxygens (including phenoxy) is 1. The van der Waals surface area contributed by atoms with Gasteiger partial charge in [-0.05, 0) is 34.7 Å². The largest absolute Gasteiger partial charge is 0.466 e. The van der Waals surface area contributed by atoms with Gasteiger partial charge in [-0.2, -0.15) is 0 Å². The number of carbonyl (C=O) groups is 1. The molecule has 0 radical (unpaired) electrons. The molecule has 20 heavy (non-hydrogen) atoms. The number of esters is 1. The molecule has 1 aliphatic heterocycles. The van der Waals surface area contributed by atoms with Crippen LogP contribution in [0.1, 0.15) is 32.6 Å². The van der Waals surface area contributed by atoms with E-state index in [4.69, 9.17) is 4.74 Å². The van der Waals surface area contributed by atoms with Gasteiger partial charge in [0.05, 0.1) is 17.5 Å². The molecule has 110 valence electrons. The summed E-state index contributed by atoms with van der Waals surface area (Å²) in [4.78, 5) is 22.4. The topological polar surface area (TPSA) is 55.3 Å². The van der Waals surface area contributed by atoms with Crippen LogP contribution in [0.5, 0.6) is 0 Å². The maximum atomic E-state index is 11.7. The van der Waals surface area contributed by atoms with Gasteiger partial charge in [-0.15, -0.1) is 0 Å². The lowest BCUT2D eigenvalue weighted by Crippen LogP contribution is -2.23. The second kappa shape index (κ2) is 7.57. The van der Waals surface area contributed by atoms with Gasteiger partial charge in [0.25, 0.3) is 0 Å². The Balaban J connectivity index is 1.77. The Labute approximate surface area is 127 Å². The molecule has 1 atom stereocenters. The van der Waals surface area contributed by atoms with Crippen molar-refractivity contribution in [3.05, 3.63) is 16.9 Å². The Hall–Kier alpha value is -1.17. The Morgan fingerprint density at radius 2 is 2.25 bits per heavy atom. The summed E-state index contributed by atoms with van der Waals surface area (Å²) in [6.07, 6.45) is 6.96. The molecule has 0 N–H and O–H groups in total. The van der Waals surface area contributed by atoms with Crippen molar-refractivity contribution in [2.45, 2.75) is 32.6 Å². The average molecular weight is 342 g/mol. The Kier molecular flexibility index (Phi) is 5.76. The van der Waals surface area contributed by atoms with E-state index in [0.29, 0.717) is 18.9 Å². The first-order valence-corrected chi connectivity index (χ1v) is 7.86. The monoisotopic (exact) mass is 341 g/mol. The zero-order valence-corrected chi connectivity index (χ0v) is 13.3. The van der Waals surface area contributed by atoms with Gasteiger partial charge >= 0.3 is 5.97 Å². The van der Waals surface area contributed by atoms with E-state index in [-0.39, 0.29) is 5.97 Å². The summed E-state index contributed by atoms with van der Waals surface area (Å²) in [5, 5.41) is 0. The molecule has 0 bridgehead atoms. The number of rotatable bonds is 6. The smallest absolute Gasteiger partial charge is 0.306 e. The van der Waals surface area contributed by atoms with Gasteiger partial charge in [-0.3, -0.25) is 4.79 Å². The van der Waals surface area contributed by atoms with E-state index in [9.17, 15) is 4.79 Å². The SMILES string of the molecule is CCCCOC(=O)CC1CCN(c2ncc(Br)cn2)C1. The number of nitrogens with zero attached hydrogens (tertiary/aromatic N) is 3. The molecular formula is C14H20BrN3O2. The molecule has 1 saturated heterocycles. The van der Waals surface area contributed by atoms with Crippen molar-refractivity contribution in [3.63, 3.8) is 0 Å². The van der Waals surface area contributed by atoms with Crippen LogP contribution >= 0.6 is 15.9 Å².